The molecule has 0 saturated carbocycles. The summed E-state index contributed by atoms with van der Waals surface area (Å²) in [7, 11) is 3.25. The summed E-state index contributed by atoms with van der Waals surface area (Å²) in [5.41, 5.74) is 0.0476. The van der Waals surface area contributed by atoms with Crippen molar-refractivity contribution in [3.05, 3.63) is 78.6 Å². The number of fused-ring (bicyclic) bond motifs is 2. The molecule has 4 rings (SSSR count). The van der Waals surface area contributed by atoms with Crippen molar-refractivity contribution >= 4 is 27.5 Å². The lowest BCUT2D eigenvalue weighted by Gasteiger charge is -2.05. The van der Waals surface area contributed by atoms with Crippen LogP contribution in [0.5, 0.6) is 11.5 Å². The first-order valence-corrected chi connectivity index (χ1v) is 8.32. The molecular weight excluding hydrogens is 342 g/mol. The Kier molecular flexibility index (Phi) is 5.52. The third-order valence-corrected chi connectivity index (χ3v) is 4.16. The quantitative estimate of drug-likeness (QED) is 0.568. The number of benzene rings is 3. The highest BCUT2D eigenvalue weighted by Gasteiger charge is 2.11. The lowest BCUT2D eigenvalue weighted by Crippen LogP contribution is -2.01. The maximum atomic E-state index is 10.9. The Morgan fingerprint density at radius 2 is 1.37 bits per heavy atom. The molecule has 0 aliphatic heterocycles. The summed E-state index contributed by atoms with van der Waals surface area (Å²) in [5.74, 6) is 0.555. The van der Waals surface area contributed by atoms with E-state index in [0.29, 0.717) is 11.1 Å². The van der Waals surface area contributed by atoms with E-state index in [1.54, 1.807) is 38.5 Å². The first kappa shape index (κ1) is 18.2. The number of methoxy groups -OCH3 is 2. The van der Waals surface area contributed by atoms with E-state index < -0.39 is 5.97 Å². The first-order valence-electron chi connectivity index (χ1n) is 8.32. The summed E-state index contributed by atoms with van der Waals surface area (Å²) in [5, 5.41) is 12.7. The molecule has 0 spiro atoms. The van der Waals surface area contributed by atoms with Crippen molar-refractivity contribution in [3.63, 3.8) is 0 Å². The molecule has 27 heavy (non-hydrogen) atoms. The minimum atomic E-state index is -1.03. The number of carboxylic acid groups (broad SMARTS) is 1. The zero-order valence-corrected chi connectivity index (χ0v) is 15.0. The van der Waals surface area contributed by atoms with Gasteiger partial charge in [0.2, 0.25) is 0 Å². The van der Waals surface area contributed by atoms with Crippen LogP contribution in [0.1, 0.15) is 10.5 Å². The van der Waals surface area contributed by atoms with Gasteiger partial charge in [-0.25, -0.2) is 9.78 Å². The van der Waals surface area contributed by atoms with Gasteiger partial charge in [0.05, 0.1) is 14.2 Å². The first-order chi connectivity index (χ1) is 13.2. The van der Waals surface area contributed by atoms with E-state index in [1.165, 1.54) is 17.0 Å². The molecule has 5 nitrogen and oxygen atoms in total. The Balaban J connectivity index is 0.000000159. The van der Waals surface area contributed by atoms with Crippen molar-refractivity contribution in [1.82, 2.24) is 4.98 Å². The Morgan fingerprint density at radius 1 is 0.778 bits per heavy atom. The van der Waals surface area contributed by atoms with Crippen molar-refractivity contribution in [3.8, 4) is 11.5 Å². The van der Waals surface area contributed by atoms with Gasteiger partial charge in [-0.3, -0.25) is 0 Å². The van der Waals surface area contributed by atoms with Gasteiger partial charge in [-0.15, -0.1) is 0 Å². The minimum absolute atomic E-state index is 0.0476. The van der Waals surface area contributed by atoms with E-state index in [2.05, 4.69) is 23.2 Å². The number of carboxylic acids is 1. The molecule has 0 bridgehead atoms. The van der Waals surface area contributed by atoms with Crippen molar-refractivity contribution in [1.29, 1.82) is 0 Å². The largest absolute Gasteiger partial charge is 0.496 e. The van der Waals surface area contributed by atoms with Gasteiger partial charge in [0, 0.05) is 22.4 Å². The highest BCUT2D eigenvalue weighted by molar-refractivity contribution is 6.03. The fraction of sp³-hybridized carbons (Fsp3) is 0.0909. The molecular formula is C22H19NO4. The summed E-state index contributed by atoms with van der Waals surface area (Å²) < 4.78 is 10.4. The molecule has 0 unspecified atom stereocenters. The predicted octanol–water partition coefficient (Wildman–Crippen LogP) is 4.79. The van der Waals surface area contributed by atoms with Crippen LogP contribution in [0.25, 0.3) is 21.5 Å². The van der Waals surface area contributed by atoms with E-state index in [0.717, 1.165) is 11.1 Å². The summed E-state index contributed by atoms with van der Waals surface area (Å²) in [6.45, 7) is 0. The van der Waals surface area contributed by atoms with Crippen LogP contribution in [0.3, 0.4) is 0 Å². The van der Waals surface area contributed by atoms with Crippen molar-refractivity contribution in [2.75, 3.05) is 14.2 Å². The zero-order chi connectivity index (χ0) is 19.2. The monoisotopic (exact) mass is 361 g/mol. The molecule has 5 heteroatoms. The molecule has 0 aliphatic carbocycles. The van der Waals surface area contributed by atoms with E-state index in [1.807, 2.05) is 24.3 Å². The third-order valence-electron chi connectivity index (χ3n) is 4.16. The van der Waals surface area contributed by atoms with Crippen molar-refractivity contribution in [2.24, 2.45) is 0 Å². The second-order valence-corrected chi connectivity index (χ2v) is 5.70. The van der Waals surface area contributed by atoms with Crippen LogP contribution in [0.2, 0.25) is 0 Å². The van der Waals surface area contributed by atoms with Crippen LogP contribution in [-0.4, -0.2) is 30.3 Å². The van der Waals surface area contributed by atoms with Gasteiger partial charge in [0.1, 0.15) is 11.5 Å². The molecule has 1 aromatic heterocycles. The predicted molar refractivity (Wildman–Crippen MR) is 106 cm³/mol. The number of rotatable bonds is 3. The smallest absolute Gasteiger partial charge is 0.355 e. The standard InChI is InChI=1S/C11H9NO3.C11H10O/c1-15-9-4-2-3-8-7(9)5-6-12-10(8)11(13)14;1-12-11-8-4-6-9-5-2-3-7-10(9)11/h2-6H,1H3,(H,13,14);2-8H,1H3. The summed E-state index contributed by atoms with van der Waals surface area (Å²) in [6.07, 6.45) is 1.47. The van der Waals surface area contributed by atoms with E-state index in [4.69, 9.17) is 14.6 Å². The number of pyridine rings is 1. The fourth-order valence-corrected chi connectivity index (χ4v) is 2.90. The average Bonchev–Trinajstić information content (AvgIpc) is 2.72. The van der Waals surface area contributed by atoms with Gasteiger partial charge in [-0.1, -0.05) is 48.5 Å². The van der Waals surface area contributed by atoms with Crippen LogP contribution < -0.4 is 9.47 Å². The molecule has 4 aromatic rings. The average molecular weight is 361 g/mol. The van der Waals surface area contributed by atoms with Crippen LogP contribution >= 0.6 is 0 Å². The zero-order valence-electron chi connectivity index (χ0n) is 15.0. The molecule has 0 radical (unpaired) electrons. The maximum Gasteiger partial charge on any atom is 0.355 e. The van der Waals surface area contributed by atoms with E-state index in [9.17, 15) is 4.79 Å². The number of carbonyl (C=O) groups is 1. The number of aromatic nitrogens is 1. The number of aromatic carboxylic acids is 1. The van der Waals surface area contributed by atoms with Gasteiger partial charge in [-0.05, 0) is 23.6 Å². The number of hydrogen-bond donors (Lipinski definition) is 1. The number of hydrogen-bond acceptors (Lipinski definition) is 4. The third kappa shape index (κ3) is 3.82. The minimum Gasteiger partial charge on any atom is -0.496 e. The van der Waals surface area contributed by atoms with Gasteiger partial charge < -0.3 is 14.6 Å². The molecule has 1 heterocycles. The summed E-state index contributed by atoms with van der Waals surface area (Å²) in [4.78, 5) is 14.7. The Labute approximate surface area is 156 Å². The lowest BCUT2D eigenvalue weighted by atomic mass is 10.1. The van der Waals surface area contributed by atoms with Crippen LogP contribution in [-0.2, 0) is 0 Å². The second kappa shape index (κ2) is 8.19. The molecule has 3 aromatic carbocycles. The molecule has 0 saturated heterocycles. The summed E-state index contributed by atoms with van der Waals surface area (Å²) >= 11 is 0. The van der Waals surface area contributed by atoms with E-state index >= 15 is 0 Å². The van der Waals surface area contributed by atoms with Crippen LogP contribution in [0, 0.1) is 0 Å². The van der Waals surface area contributed by atoms with Gasteiger partial charge in [0.25, 0.3) is 0 Å². The van der Waals surface area contributed by atoms with Crippen LogP contribution in [0.4, 0.5) is 0 Å². The van der Waals surface area contributed by atoms with Gasteiger partial charge in [-0.2, -0.15) is 0 Å². The fourth-order valence-electron chi connectivity index (χ4n) is 2.90. The Hall–Kier alpha value is -3.60. The van der Waals surface area contributed by atoms with Gasteiger partial charge >= 0.3 is 5.97 Å². The summed E-state index contributed by atoms with van der Waals surface area (Å²) in [6, 6.07) is 21.2. The number of ether oxygens (including phenoxy) is 2. The second-order valence-electron chi connectivity index (χ2n) is 5.70. The van der Waals surface area contributed by atoms with Crippen molar-refractivity contribution < 1.29 is 19.4 Å². The molecule has 136 valence electrons. The molecule has 0 aliphatic rings. The topological polar surface area (TPSA) is 68.7 Å². The molecule has 0 atom stereocenters. The lowest BCUT2D eigenvalue weighted by molar-refractivity contribution is 0.0693. The number of nitrogens with zero attached hydrogens (tertiary/aromatic N) is 1. The highest BCUT2D eigenvalue weighted by atomic mass is 16.5. The molecule has 0 fully saturated rings. The van der Waals surface area contributed by atoms with Gasteiger partial charge in [0.15, 0.2) is 5.69 Å². The Morgan fingerprint density at radius 3 is 2.07 bits per heavy atom. The normalized spacial score (nSPS) is 10.1. The van der Waals surface area contributed by atoms with Crippen molar-refractivity contribution in [2.45, 2.75) is 0 Å². The highest BCUT2D eigenvalue weighted by Crippen LogP contribution is 2.26. The molecule has 0 amide bonds. The van der Waals surface area contributed by atoms with Crippen LogP contribution in [0.15, 0.2) is 72.9 Å². The van der Waals surface area contributed by atoms with E-state index in [-0.39, 0.29) is 5.69 Å². The molecule has 1 N–H and O–H groups in total. The maximum absolute atomic E-state index is 10.9. The SMILES string of the molecule is COc1cccc2c(C(=O)O)nccc12.COc1cccc2ccccc12. The Bertz CT molecular complexity index is 1090.